The van der Waals surface area contributed by atoms with Crippen LogP contribution < -0.4 is 9.62 Å². The normalized spacial score (nSPS) is 17.7. The van der Waals surface area contributed by atoms with Gasteiger partial charge < -0.3 is 10.2 Å². The largest absolute Gasteiger partial charge is 0.354 e. The van der Waals surface area contributed by atoms with Crippen molar-refractivity contribution in [2.24, 2.45) is 5.92 Å². The molecule has 0 saturated carbocycles. The Hall–Kier alpha value is -1.60. The summed E-state index contributed by atoms with van der Waals surface area (Å²) in [5, 5.41) is 2.96. The number of sulfonamides is 1. The highest BCUT2D eigenvalue weighted by Crippen LogP contribution is 2.22. The van der Waals surface area contributed by atoms with Crippen LogP contribution in [0.5, 0.6) is 0 Å². The molecule has 1 heterocycles. The topological polar surface area (TPSA) is 69.7 Å². The monoisotopic (exact) mass is 381 g/mol. The van der Waals surface area contributed by atoms with Crippen molar-refractivity contribution in [2.75, 3.05) is 37.2 Å². The lowest BCUT2D eigenvalue weighted by atomic mass is 9.94. The van der Waals surface area contributed by atoms with Crippen molar-refractivity contribution in [2.45, 2.75) is 38.6 Å². The minimum Gasteiger partial charge on any atom is -0.354 e. The van der Waals surface area contributed by atoms with E-state index < -0.39 is 16.1 Å². The molecule has 1 N–H and O–H groups in total. The van der Waals surface area contributed by atoms with Crippen molar-refractivity contribution in [3.63, 3.8) is 0 Å². The van der Waals surface area contributed by atoms with Gasteiger partial charge >= 0.3 is 0 Å². The number of para-hydroxylation sites is 1. The number of rotatable bonds is 8. The van der Waals surface area contributed by atoms with Crippen LogP contribution in [0.2, 0.25) is 0 Å². The van der Waals surface area contributed by atoms with Gasteiger partial charge in [-0.05, 0) is 63.9 Å². The van der Waals surface area contributed by atoms with E-state index in [9.17, 15) is 13.2 Å². The highest BCUT2D eigenvalue weighted by atomic mass is 32.2. The molecule has 6 nitrogen and oxygen atoms in total. The first kappa shape index (κ1) is 20.7. The van der Waals surface area contributed by atoms with Gasteiger partial charge in [0.15, 0.2) is 0 Å². The molecule has 0 bridgehead atoms. The smallest absolute Gasteiger partial charge is 0.243 e. The van der Waals surface area contributed by atoms with Crippen LogP contribution in [0.25, 0.3) is 0 Å². The third kappa shape index (κ3) is 5.71. The standard InChI is InChI=1S/C19H31N3O3S/c1-4-18(22(26(3,24)25)17-8-6-5-7-9-17)19(23)20-13-10-16-11-14-21(2)15-12-16/h5-9,16,18H,4,10-15H2,1-3H3,(H,20,23)/t18-/m1/s1. The first-order valence-electron chi connectivity index (χ1n) is 9.33. The summed E-state index contributed by atoms with van der Waals surface area (Å²) in [6.07, 6.45) is 4.82. The van der Waals surface area contributed by atoms with Crippen LogP contribution in [0.15, 0.2) is 30.3 Å². The number of likely N-dealkylation sites (tertiary alicyclic amines) is 1. The number of hydrogen-bond donors (Lipinski definition) is 1. The van der Waals surface area contributed by atoms with Crippen molar-refractivity contribution in [3.05, 3.63) is 30.3 Å². The summed E-state index contributed by atoms with van der Waals surface area (Å²) in [5.41, 5.74) is 0.521. The Balaban J connectivity index is 1.99. The molecular weight excluding hydrogens is 350 g/mol. The molecule has 0 radical (unpaired) electrons. The molecule has 7 heteroatoms. The molecule has 146 valence electrons. The summed E-state index contributed by atoms with van der Waals surface area (Å²) in [4.78, 5) is 15.0. The van der Waals surface area contributed by atoms with Gasteiger partial charge in [0.2, 0.25) is 15.9 Å². The molecule has 1 atom stereocenters. The Morgan fingerprint density at radius 1 is 1.27 bits per heavy atom. The average Bonchev–Trinajstić information content (AvgIpc) is 2.60. The van der Waals surface area contributed by atoms with Gasteiger partial charge in [-0.25, -0.2) is 8.42 Å². The van der Waals surface area contributed by atoms with Crippen LogP contribution in [-0.4, -0.2) is 58.2 Å². The van der Waals surface area contributed by atoms with E-state index >= 15 is 0 Å². The van der Waals surface area contributed by atoms with Gasteiger partial charge in [-0.1, -0.05) is 25.1 Å². The highest BCUT2D eigenvalue weighted by molar-refractivity contribution is 7.92. The van der Waals surface area contributed by atoms with Crippen LogP contribution in [0.4, 0.5) is 5.69 Å². The molecule has 2 rings (SSSR count). The van der Waals surface area contributed by atoms with Gasteiger partial charge in [-0.2, -0.15) is 0 Å². The van der Waals surface area contributed by atoms with Gasteiger partial charge in [-0.15, -0.1) is 0 Å². The van der Waals surface area contributed by atoms with Crippen LogP contribution in [-0.2, 0) is 14.8 Å². The molecule has 0 spiro atoms. The predicted octanol–water partition coefficient (Wildman–Crippen LogP) is 2.08. The van der Waals surface area contributed by atoms with Crippen LogP contribution in [0.1, 0.15) is 32.6 Å². The number of hydrogen-bond acceptors (Lipinski definition) is 4. The predicted molar refractivity (Wildman–Crippen MR) is 106 cm³/mol. The van der Waals surface area contributed by atoms with E-state index in [4.69, 9.17) is 0 Å². The highest BCUT2D eigenvalue weighted by Gasteiger charge is 2.31. The Morgan fingerprint density at radius 3 is 2.42 bits per heavy atom. The second-order valence-electron chi connectivity index (χ2n) is 7.14. The zero-order chi connectivity index (χ0) is 19.2. The van der Waals surface area contributed by atoms with Crippen molar-refractivity contribution in [3.8, 4) is 0 Å². The Morgan fingerprint density at radius 2 is 1.88 bits per heavy atom. The number of nitrogens with one attached hydrogen (secondary N) is 1. The molecule has 1 aliphatic heterocycles. The van der Waals surface area contributed by atoms with Gasteiger partial charge in [0.05, 0.1) is 11.9 Å². The first-order chi connectivity index (χ1) is 12.3. The van der Waals surface area contributed by atoms with Crippen molar-refractivity contribution in [1.82, 2.24) is 10.2 Å². The van der Waals surface area contributed by atoms with E-state index in [0.717, 1.165) is 38.6 Å². The fourth-order valence-electron chi connectivity index (χ4n) is 3.50. The molecule has 1 fully saturated rings. The summed E-state index contributed by atoms with van der Waals surface area (Å²) in [6, 6.07) is 8.08. The molecule has 0 aromatic heterocycles. The van der Waals surface area contributed by atoms with Crippen molar-refractivity contribution >= 4 is 21.6 Å². The van der Waals surface area contributed by atoms with Gasteiger partial charge in [-0.3, -0.25) is 9.10 Å². The maximum atomic E-state index is 12.7. The quantitative estimate of drug-likeness (QED) is 0.748. The molecule has 26 heavy (non-hydrogen) atoms. The Labute approximate surface area is 157 Å². The van der Waals surface area contributed by atoms with Gasteiger partial charge in [0, 0.05) is 6.54 Å². The summed E-state index contributed by atoms with van der Waals surface area (Å²) in [5.74, 6) is 0.404. The second kappa shape index (κ2) is 9.37. The zero-order valence-corrected chi connectivity index (χ0v) is 16.8. The van der Waals surface area contributed by atoms with Crippen molar-refractivity contribution < 1.29 is 13.2 Å². The minimum absolute atomic E-state index is 0.227. The summed E-state index contributed by atoms with van der Waals surface area (Å²) in [7, 11) is -1.43. The maximum Gasteiger partial charge on any atom is 0.243 e. The minimum atomic E-state index is -3.56. The fourth-order valence-corrected chi connectivity index (χ4v) is 4.71. The second-order valence-corrected chi connectivity index (χ2v) is 9.00. The first-order valence-corrected chi connectivity index (χ1v) is 11.2. The molecule has 1 aliphatic rings. The van der Waals surface area contributed by atoms with E-state index in [1.165, 1.54) is 4.31 Å². The molecule has 1 saturated heterocycles. The average molecular weight is 382 g/mol. The molecule has 1 aromatic rings. The number of piperidine rings is 1. The number of carbonyl (C=O) groups excluding carboxylic acids is 1. The lowest BCUT2D eigenvalue weighted by Crippen LogP contribution is -2.49. The zero-order valence-electron chi connectivity index (χ0n) is 16.0. The summed E-state index contributed by atoms with van der Waals surface area (Å²) >= 11 is 0. The van der Waals surface area contributed by atoms with E-state index in [2.05, 4.69) is 17.3 Å². The Kier molecular flexibility index (Phi) is 7.46. The molecule has 0 aliphatic carbocycles. The summed E-state index contributed by atoms with van der Waals surface area (Å²) < 4.78 is 25.9. The maximum absolute atomic E-state index is 12.7. The number of carbonyl (C=O) groups is 1. The number of anilines is 1. The van der Waals surface area contributed by atoms with E-state index in [-0.39, 0.29) is 5.91 Å². The third-order valence-corrected chi connectivity index (χ3v) is 6.21. The van der Waals surface area contributed by atoms with Crippen LogP contribution >= 0.6 is 0 Å². The SMILES string of the molecule is CC[C@H](C(=O)NCCC1CCN(C)CC1)N(c1ccccc1)S(C)(=O)=O. The van der Waals surface area contributed by atoms with Crippen LogP contribution in [0, 0.1) is 5.92 Å². The summed E-state index contributed by atoms with van der Waals surface area (Å²) in [6.45, 7) is 4.64. The fraction of sp³-hybridized carbons (Fsp3) is 0.632. The number of benzene rings is 1. The Bertz CT molecular complexity index is 671. The van der Waals surface area contributed by atoms with Crippen LogP contribution in [0.3, 0.4) is 0 Å². The van der Waals surface area contributed by atoms with E-state index in [1.807, 2.05) is 13.0 Å². The molecule has 0 unspecified atom stereocenters. The number of nitrogens with zero attached hydrogens (tertiary/aromatic N) is 2. The lowest BCUT2D eigenvalue weighted by Gasteiger charge is -2.31. The van der Waals surface area contributed by atoms with Gasteiger partial charge in [0.25, 0.3) is 0 Å². The number of amides is 1. The van der Waals surface area contributed by atoms with E-state index in [0.29, 0.717) is 24.6 Å². The molecular formula is C19H31N3O3S. The van der Waals surface area contributed by atoms with Gasteiger partial charge in [0.1, 0.15) is 6.04 Å². The molecule has 1 aromatic carbocycles. The lowest BCUT2D eigenvalue weighted by molar-refractivity contribution is -0.122. The van der Waals surface area contributed by atoms with E-state index in [1.54, 1.807) is 24.3 Å². The molecule has 1 amide bonds. The third-order valence-electron chi connectivity index (χ3n) is 5.03. The van der Waals surface area contributed by atoms with Crippen molar-refractivity contribution in [1.29, 1.82) is 0 Å².